The molecule has 0 aliphatic rings. The summed E-state index contributed by atoms with van der Waals surface area (Å²) in [6.45, 7) is 11.6. The molecular weight excluding hydrogens is 277 g/mol. The Kier molecular flexibility index (Phi) is 6.27. The molecule has 0 spiro atoms. The number of hydrogen-bond donors (Lipinski definition) is 0. The molecule has 1 heterocycles. The summed E-state index contributed by atoms with van der Waals surface area (Å²) in [6.07, 6.45) is 1.25. The van der Waals surface area contributed by atoms with E-state index in [1.807, 2.05) is 26.1 Å². The molecule has 0 radical (unpaired) electrons. The molecule has 1 aromatic carbocycles. The van der Waals surface area contributed by atoms with Crippen molar-refractivity contribution in [1.29, 1.82) is 5.26 Å². The molecule has 1 aromatic heterocycles. The Morgan fingerprint density at radius 1 is 1.36 bits per heavy atom. The molecule has 22 heavy (non-hydrogen) atoms. The van der Waals surface area contributed by atoms with Crippen molar-refractivity contribution in [1.82, 2.24) is 9.78 Å². The molecule has 2 aromatic rings. The van der Waals surface area contributed by atoms with E-state index in [0.717, 1.165) is 22.5 Å². The number of halogens is 1. The number of rotatable bonds is 4. The predicted octanol–water partition coefficient (Wildman–Crippen LogP) is 4.35. The fourth-order valence-electron chi connectivity index (χ4n) is 2.11. The number of benzene rings is 1. The van der Waals surface area contributed by atoms with Crippen molar-refractivity contribution in [3.8, 4) is 17.3 Å². The molecule has 4 heteroatoms. The number of aryl methyl sites for hydroxylation is 3. The zero-order valence-corrected chi connectivity index (χ0v) is 13.1. The predicted molar refractivity (Wildman–Crippen MR) is 87.7 cm³/mol. The summed E-state index contributed by atoms with van der Waals surface area (Å²) in [5, 5.41) is 13.1. The first-order valence-corrected chi connectivity index (χ1v) is 6.88. The van der Waals surface area contributed by atoms with Gasteiger partial charge in [0.1, 0.15) is 5.82 Å². The van der Waals surface area contributed by atoms with Crippen molar-refractivity contribution >= 4 is 0 Å². The summed E-state index contributed by atoms with van der Waals surface area (Å²) in [6, 6.07) is 8.69. The molecule has 0 saturated carbocycles. The van der Waals surface area contributed by atoms with Crippen LogP contribution in [0.2, 0.25) is 0 Å². The van der Waals surface area contributed by atoms with Crippen molar-refractivity contribution < 1.29 is 4.39 Å². The van der Waals surface area contributed by atoms with Crippen molar-refractivity contribution in [2.75, 3.05) is 0 Å². The lowest BCUT2D eigenvalue weighted by Crippen LogP contribution is -1.96. The lowest BCUT2D eigenvalue weighted by atomic mass is 10.0. The van der Waals surface area contributed by atoms with Crippen LogP contribution in [0.3, 0.4) is 0 Å². The second kappa shape index (κ2) is 7.94. The lowest BCUT2D eigenvalue weighted by Gasteiger charge is -2.05. The van der Waals surface area contributed by atoms with Gasteiger partial charge >= 0.3 is 0 Å². The number of hydrogen-bond acceptors (Lipinski definition) is 2. The van der Waals surface area contributed by atoms with Crippen LogP contribution in [-0.2, 0) is 13.5 Å². The van der Waals surface area contributed by atoms with Gasteiger partial charge in [0.25, 0.3) is 0 Å². The van der Waals surface area contributed by atoms with Crippen molar-refractivity contribution in [3.63, 3.8) is 0 Å². The van der Waals surface area contributed by atoms with E-state index in [0.29, 0.717) is 18.4 Å². The average Bonchev–Trinajstić information content (AvgIpc) is 2.90. The molecule has 2 rings (SSSR count). The molecule has 0 bridgehead atoms. The zero-order valence-electron chi connectivity index (χ0n) is 13.1. The van der Waals surface area contributed by atoms with Crippen LogP contribution in [0.5, 0.6) is 0 Å². The van der Waals surface area contributed by atoms with E-state index in [1.54, 1.807) is 10.7 Å². The minimum atomic E-state index is -0.258. The first-order chi connectivity index (χ1) is 10.5. The van der Waals surface area contributed by atoms with E-state index in [4.69, 9.17) is 5.26 Å². The summed E-state index contributed by atoms with van der Waals surface area (Å²) < 4.78 is 15.1. The average molecular weight is 297 g/mol. The lowest BCUT2D eigenvalue weighted by molar-refractivity contribution is 0.627. The van der Waals surface area contributed by atoms with Crippen LogP contribution < -0.4 is 0 Å². The summed E-state index contributed by atoms with van der Waals surface area (Å²) in [5.41, 5.74) is 4.13. The van der Waals surface area contributed by atoms with Crippen molar-refractivity contribution in [3.05, 3.63) is 66.6 Å². The maximum Gasteiger partial charge on any atom is 0.123 e. The summed E-state index contributed by atoms with van der Waals surface area (Å²) >= 11 is 0. The van der Waals surface area contributed by atoms with Crippen LogP contribution in [-0.4, -0.2) is 9.78 Å². The third-order valence-electron chi connectivity index (χ3n) is 3.25. The summed E-state index contributed by atoms with van der Waals surface area (Å²) in [4.78, 5) is 0. The second-order valence-electron chi connectivity index (χ2n) is 4.82. The third kappa shape index (κ3) is 4.16. The Bertz CT molecular complexity index is 708. The quantitative estimate of drug-likeness (QED) is 0.622. The fourth-order valence-corrected chi connectivity index (χ4v) is 2.11. The van der Waals surface area contributed by atoms with Gasteiger partial charge in [-0.15, -0.1) is 13.2 Å². The van der Waals surface area contributed by atoms with Crippen LogP contribution in [0.1, 0.15) is 17.7 Å². The highest BCUT2D eigenvalue weighted by atomic mass is 19.1. The van der Waals surface area contributed by atoms with Gasteiger partial charge in [0.05, 0.1) is 17.5 Å². The molecule has 0 atom stereocenters. The van der Waals surface area contributed by atoms with E-state index < -0.39 is 0 Å². The molecule has 0 unspecified atom stereocenters. The highest BCUT2D eigenvalue weighted by molar-refractivity contribution is 5.64. The Hall–Kier alpha value is -2.67. The van der Waals surface area contributed by atoms with E-state index in [2.05, 4.69) is 24.8 Å². The van der Waals surface area contributed by atoms with E-state index >= 15 is 0 Å². The Morgan fingerprint density at radius 2 is 2.05 bits per heavy atom. The summed E-state index contributed by atoms with van der Waals surface area (Å²) in [7, 11) is 1.84. The Labute approximate surface area is 131 Å². The van der Waals surface area contributed by atoms with Gasteiger partial charge in [0.2, 0.25) is 0 Å². The van der Waals surface area contributed by atoms with E-state index in [-0.39, 0.29) is 5.82 Å². The molecular formula is C18H20FN3. The summed E-state index contributed by atoms with van der Waals surface area (Å²) in [5.74, 6) is -0.258. The monoisotopic (exact) mass is 297 g/mol. The SMILES string of the molecule is C=C.C=C(C#N)CCc1cc(-c2cc(F)ccc2C)n(C)n1. The number of nitriles is 1. The second-order valence-corrected chi connectivity index (χ2v) is 4.82. The van der Waals surface area contributed by atoms with Crippen LogP contribution in [0, 0.1) is 24.1 Å². The van der Waals surface area contributed by atoms with Gasteiger partial charge in [-0.05, 0) is 43.5 Å². The fraction of sp³-hybridized carbons (Fsp3) is 0.222. The molecule has 0 aliphatic heterocycles. The molecule has 0 fully saturated rings. The first kappa shape index (κ1) is 17.4. The zero-order chi connectivity index (χ0) is 16.7. The molecule has 0 N–H and O–H groups in total. The van der Waals surface area contributed by atoms with Crippen molar-refractivity contribution in [2.24, 2.45) is 7.05 Å². The van der Waals surface area contributed by atoms with Crippen LogP contribution in [0.15, 0.2) is 49.6 Å². The molecule has 0 saturated heterocycles. The van der Waals surface area contributed by atoms with Crippen LogP contribution in [0.4, 0.5) is 4.39 Å². The van der Waals surface area contributed by atoms with E-state index in [1.165, 1.54) is 12.1 Å². The highest BCUT2D eigenvalue weighted by Gasteiger charge is 2.11. The normalized spacial score (nSPS) is 9.55. The minimum Gasteiger partial charge on any atom is -0.268 e. The standard InChI is InChI=1S/C16H16FN3.C2H4/c1-11(10-18)4-7-14-9-16(20(3)19-14)15-8-13(17)6-5-12(15)2;1-2/h5-6,8-9H,1,4,7H2,2-3H3;1-2H2. The van der Waals surface area contributed by atoms with Gasteiger partial charge in [-0.25, -0.2) is 4.39 Å². The molecule has 0 amide bonds. The smallest absolute Gasteiger partial charge is 0.123 e. The highest BCUT2D eigenvalue weighted by Crippen LogP contribution is 2.25. The van der Waals surface area contributed by atoms with Gasteiger partial charge < -0.3 is 0 Å². The van der Waals surface area contributed by atoms with Gasteiger partial charge in [0.15, 0.2) is 0 Å². The topological polar surface area (TPSA) is 41.6 Å². The minimum absolute atomic E-state index is 0.258. The maximum absolute atomic E-state index is 13.4. The number of aromatic nitrogens is 2. The van der Waals surface area contributed by atoms with Crippen LogP contribution >= 0.6 is 0 Å². The van der Waals surface area contributed by atoms with Crippen LogP contribution in [0.25, 0.3) is 11.3 Å². The molecule has 3 nitrogen and oxygen atoms in total. The number of nitrogens with zero attached hydrogens (tertiary/aromatic N) is 3. The van der Waals surface area contributed by atoms with Crippen molar-refractivity contribution in [2.45, 2.75) is 19.8 Å². The Morgan fingerprint density at radius 3 is 2.68 bits per heavy atom. The van der Waals surface area contributed by atoms with Gasteiger partial charge in [0, 0.05) is 18.2 Å². The number of allylic oxidation sites excluding steroid dienone is 1. The Balaban J connectivity index is 0.00000116. The third-order valence-corrected chi connectivity index (χ3v) is 3.25. The van der Waals surface area contributed by atoms with Gasteiger partial charge in [-0.2, -0.15) is 10.4 Å². The largest absolute Gasteiger partial charge is 0.268 e. The van der Waals surface area contributed by atoms with E-state index in [9.17, 15) is 4.39 Å². The molecule has 114 valence electrons. The van der Waals surface area contributed by atoms with Gasteiger partial charge in [-0.1, -0.05) is 12.6 Å². The molecule has 0 aliphatic carbocycles. The van der Waals surface area contributed by atoms with Gasteiger partial charge in [-0.3, -0.25) is 4.68 Å². The maximum atomic E-state index is 13.4. The first-order valence-electron chi connectivity index (χ1n) is 6.88.